The van der Waals surface area contributed by atoms with Crippen molar-refractivity contribution in [1.29, 1.82) is 0 Å². The van der Waals surface area contributed by atoms with Gasteiger partial charge in [0.15, 0.2) is 0 Å². The normalized spacial score (nSPS) is 19.9. The van der Waals surface area contributed by atoms with Crippen LogP contribution < -0.4 is 10.1 Å². The van der Waals surface area contributed by atoms with E-state index in [0.717, 1.165) is 30.6 Å². The van der Waals surface area contributed by atoms with Crippen LogP contribution in [0.5, 0.6) is 5.75 Å². The van der Waals surface area contributed by atoms with Crippen molar-refractivity contribution in [2.24, 2.45) is 0 Å². The number of rotatable bonds is 2. The van der Waals surface area contributed by atoms with Crippen molar-refractivity contribution < 1.29 is 9.53 Å². The van der Waals surface area contributed by atoms with Crippen LogP contribution in [0.15, 0.2) is 18.2 Å². The molecule has 0 saturated heterocycles. The predicted octanol–water partition coefficient (Wildman–Crippen LogP) is 1.08. The SMILES string of the molecule is COc1ccc2c(c1)CCN[C@@H]2C=O. The molecule has 0 aromatic heterocycles. The molecule has 0 unspecified atom stereocenters. The van der Waals surface area contributed by atoms with Crippen molar-refractivity contribution in [2.75, 3.05) is 13.7 Å². The monoisotopic (exact) mass is 191 g/mol. The number of carbonyl (C=O) groups is 1. The second kappa shape index (κ2) is 3.80. The molecule has 1 aromatic rings. The quantitative estimate of drug-likeness (QED) is 0.711. The summed E-state index contributed by atoms with van der Waals surface area (Å²) in [4.78, 5) is 10.8. The average molecular weight is 191 g/mol. The summed E-state index contributed by atoms with van der Waals surface area (Å²) in [7, 11) is 1.65. The smallest absolute Gasteiger partial charge is 0.141 e. The number of aldehydes is 1. The Balaban J connectivity index is 2.40. The molecule has 0 aliphatic carbocycles. The third-order valence-electron chi connectivity index (χ3n) is 2.58. The molecule has 0 amide bonds. The first-order valence-corrected chi connectivity index (χ1v) is 4.70. The van der Waals surface area contributed by atoms with E-state index in [4.69, 9.17) is 4.74 Å². The first-order chi connectivity index (χ1) is 6.85. The Morgan fingerprint density at radius 1 is 1.57 bits per heavy atom. The third kappa shape index (κ3) is 1.51. The topological polar surface area (TPSA) is 38.3 Å². The molecule has 1 aromatic carbocycles. The lowest BCUT2D eigenvalue weighted by molar-refractivity contribution is -0.109. The molecule has 0 bridgehead atoms. The van der Waals surface area contributed by atoms with Crippen LogP contribution in [0.1, 0.15) is 17.2 Å². The summed E-state index contributed by atoms with van der Waals surface area (Å²) in [5, 5.41) is 3.15. The molecule has 74 valence electrons. The molecule has 3 heteroatoms. The average Bonchev–Trinajstić information content (AvgIpc) is 2.27. The van der Waals surface area contributed by atoms with Crippen LogP contribution in [0.3, 0.4) is 0 Å². The Bertz CT molecular complexity index is 349. The van der Waals surface area contributed by atoms with Gasteiger partial charge in [0.1, 0.15) is 12.0 Å². The number of methoxy groups -OCH3 is 1. The number of fused-ring (bicyclic) bond motifs is 1. The number of hydrogen-bond donors (Lipinski definition) is 1. The van der Waals surface area contributed by atoms with Crippen LogP contribution in [0, 0.1) is 0 Å². The summed E-state index contributed by atoms with van der Waals surface area (Å²) in [6, 6.07) is 5.71. The van der Waals surface area contributed by atoms with E-state index in [9.17, 15) is 4.79 Å². The molecule has 1 N–H and O–H groups in total. The standard InChI is InChI=1S/C11H13NO2/c1-14-9-2-3-10-8(6-9)4-5-12-11(10)7-13/h2-3,6-7,11-12H,4-5H2,1H3/t11-/m1/s1. The second-order valence-corrected chi connectivity index (χ2v) is 3.38. The van der Waals surface area contributed by atoms with Crippen LogP contribution in [0.2, 0.25) is 0 Å². The first-order valence-electron chi connectivity index (χ1n) is 4.70. The summed E-state index contributed by atoms with van der Waals surface area (Å²) in [5.74, 6) is 0.857. The molecule has 0 spiro atoms. The maximum atomic E-state index is 10.8. The summed E-state index contributed by atoms with van der Waals surface area (Å²) in [6.07, 6.45) is 1.90. The summed E-state index contributed by atoms with van der Waals surface area (Å²) in [6.45, 7) is 0.851. The minimum absolute atomic E-state index is 0.148. The fraction of sp³-hybridized carbons (Fsp3) is 0.364. The molecule has 1 atom stereocenters. The van der Waals surface area contributed by atoms with E-state index in [-0.39, 0.29) is 6.04 Å². The van der Waals surface area contributed by atoms with E-state index in [2.05, 4.69) is 5.32 Å². The van der Waals surface area contributed by atoms with Gasteiger partial charge in [0.05, 0.1) is 13.2 Å². The molecule has 0 radical (unpaired) electrons. The predicted molar refractivity (Wildman–Crippen MR) is 53.5 cm³/mol. The lowest BCUT2D eigenvalue weighted by Gasteiger charge is -2.23. The molecule has 0 saturated carbocycles. The van der Waals surface area contributed by atoms with Gasteiger partial charge < -0.3 is 14.8 Å². The molecular weight excluding hydrogens is 178 g/mol. The van der Waals surface area contributed by atoms with Crippen LogP contribution in [0.25, 0.3) is 0 Å². The number of carbonyl (C=O) groups excluding carboxylic acids is 1. The van der Waals surface area contributed by atoms with E-state index >= 15 is 0 Å². The maximum absolute atomic E-state index is 10.8. The zero-order chi connectivity index (χ0) is 9.97. The van der Waals surface area contributed by atoms with Gasteiger partial charge in [-0.1, -0.05) is 6.07 Å². The van der Waals surface area contributed by atoms with Gasteiger partial charge in [-0.15, -0.1) is 0 Å². The van der Waals surface area contributed by atoms with E-state index < -0.39 is 0 Å². The van der Waals surface area contributed by atoms with Gasteiger partial charge in [0.25, 0.3) is 0 Å². The van der Waals surface area contributed by atoms with Crippen LogP contribution >= 0.6 is 0 Å². The van der Waals surface area contributed by atoms with Crippen molar-refractivity contribution in [3.63, 3.8) is 0 Å². The van der Waals surface area contributed by atoms with Gasteiger partial charge in [-0.2, -0.15) is 0 Å². The van der Waals surface area contributed by atoms with Crippen molar-refractivity contribution in [1.82, 2.24) is 5.32 Å². The largest absolute Gasteiger partial charge is 0.497 e. The van der Waals surface area contributed by atoms with Gasteiger partial charge in [0, 0.05) is 6.54 Å². The Kier molecular flexibility index (Phi) is 2.50. The fourth-order valence-corrected chi connectivity index (χ4v) is 1.82. The van der Waals surface area contributed by atoms with Crippen LogP contribution in [-0.4, -0.2) is 19.9 Å². The molecular formula is C11H13NO2. The van der Waals surface area contributed by atoms with E-state index in [1.807, 2.05) is 18.2 Å². The van der Waals surface area contributed by atoms with Crippen LogP contribution in [-0.2, 0) is 11.2 Å². The fourth-order valence-electron chi connectivity index (χ4n) is 1.82. The van der Waals surface area contributed by atoms with Crippen LogP contribution in [0.4, 0.5) is 0 Å². The second-order valence-electron chi connectivity index (χ2n) is 3.38. The lowest BCUT2D eigenvalue weighted by atomic mass is 9.95. The van der Waals surface area contributed by atoms with Crippen molar-refractivity contribution in [2.45, 2.75) is 12.5 Å². The number of ether oxygens (including phenoxy) is 1. The Hall–Kier alpha value is -1.35. The maximum Gasteiger partial charge on any atom is 0.141 e. The zero-order valence-electron chi connectivity index (χ0n) is 8.12. The van der Waals surface area contributed by atoms with Gasteiger partial charge in [-0.3, -0.25) is 0 Å². The number of hydrogen-bond acceptors (Lipinski definition) is 3. The molecule has 1 aliphatic heterocycles. The van der Waals surface area contributed by atoms with E-state index in [1.54, 1.807) is 7.11 Å². The summed E-state index contributed by atoms with van der Waals surface area (Å²) >= 11 is 0. The summed E-state index contributed by atoms with van der Waals surface area (Å²) < 4.78 is 5.14. The molecule has 1 aliphatic rings. The number of nitrogens with one attached hydrogen (secondary N) is 1. The molecule has 0 fully saturated rings. The van der Waals surface area contributed by atoms with E-state index in [1.165, 1.54) is 5.56 Å². The molecule has 14 heavy (non-hydrogen) atoms. The van der Waals surface area contributed by atoms with Gasteiger partial charge in [-0.05, 0) is 29.7 Å². The molecule has 1 heterocycles. The van der Waals surface area contributed by atoms with Gasteiger partial charge in [-0.25, -0.2) is 0 Å². The molecule has 3 nitrogen and oxygen atoms in total. The number of benzene rings is 1. The summed E-state index contributed by atoms with van der Waals surface area (Å²) in [5.41, 5.74) is 2.28. The highest BCUT2D eigenvalue weighted by molar-refractivity contribution is 5.63. The van der Waals surface area contributed by atoms with Crippen molar-refractivity contribution >= 4 is 6.29 Å². The lowest BCUT2D eigenvalue weighted by Crippen LogP contribution is -2.30. The highest BCUT2D eigenvalue weighted by Crippen LogP contribution is 2.25. The Morgan fingerprint density at radius 3 is 3.14 bits per heavy atom. The first kappa shape index (κ1) is 9.21. The third-order valence-corrected chi connectivity index (χ3v) is 2.58. The van der Waals surface area contributed by atoms with Gasteiger partial charge >= 0.3 is 0 Å². The minimum atomic E-state index is -0.148. The highest BCUT2D eigenvalue weighted by Gasteiger charge is 2.18. The Morgan fingerprint density at radius 2 is 2.43 bits per heavy atom. The van der Waals surface area contributed by atoms with Gasteiger partial charge in [0.2, 0.25) is 0 Å². The van der Waals surface area contributed by atoms with Crippen molar-refractivity contribution in [3.05, 3.63) is 29.3 Å². The molecule has 2 rings (SSSR count). The zero-order valence-corrected chi connectivity index (χ0v) is 8.12. The Labute approximate surface area is 83.1 Å². The minimum Gasteiger partial charge on any atom is -0.497 e. The van der Waals surface area contributed by atoms with Crippen molar-refractivity contribution in [3.8, 4) is 5.75 Å². The highest BCUT2D eigenvalue weighted by atomic mass is 16.5. The van der Waals surface area contributed by atoms with E-state index in [0.29, 0.717) is 0 Å².